The molecule has 0 aliphatic heterocycles. The van der Waals surface area contributed by atoms with Crippen LogP contribution in [0.25, 0.3) is 0 Å². The van der Waals surface area contributed by atoms with Crippen molar-refractivity contribution in [2.45, 2.75) is 32.9 Å². The zero-order chi connectivity index (χ0) is 12.9. The molecule has 1 amide bonds. The molecule has 1 aromatic carbocycles. The molecule has 1 aromatic rings. The summed E-state index contributed by atoms with van der Waals surface area (Å²) in [5.41, 5.74) is 7.06. The van der Waals surface area contributed by atoms with Gasteiger partial charge in [0.15, 0.2) is 0 Å². The second-order valence-corrected chi connectivity index (χ2v) is 4.88. The van der Waals surface area contributed by atoms with Gasteiger partial charge < -0.3 is 15.8 Å². The second kappa shape index (κ2) is 5.68. The minimum absolute atomic E-state index is 0.0657. The van der Waals surface area contributed by atoms with Crippen molar-refractivity contribution in [3.05, 3.63) is 29.8 Å². The summed E-state index contributed by atoms with van der Waals surface area (Å²) in [6, 6.07) is 7.46. The maximum atomic E-state index is 11.5. The van der Waals surface area contributed by atoms with Gasteiger partial charge in [-0.3, -0.25) is 4.79 Å². The van der Waals surface area contributed by atoms with Gasteiger partial charge >= 0.3 is 0 Å². The summed E-state index contributed by atoms with van der Waals surface area (Å²) in [5, 5.41) is 2.77. The van der Waals surface area contributed by atoms with Gasteiger partial charge in [0.05, 0.1) is 5.60 Å². The van der Waals surface area contributed by atoms with Crippen molar-refractivity contribution >= 4 is 11.6 Å². The Morgan fingerprint density at radius 1 is 1.35 bits per heavy atom. The first-order valence-corrected chi connectivity index (χ1v) is 5.62. The Morgan fingerprint density at radius 2 is 2.00 bits per heavy atom. The van der Waals surface area contributed by atoms with Crippen LogP contribution in [0.1, 0.15) is 26.3 Å². The molecule has 1 rings (SSSR count). The van der Waals surface area contributed by atoms with E-state index in [1.807, 2.05) is 45.0 Å². The molecule has 17 heavy (non-hydrogen) atoms. The van der Waals surface area contributed by atoms with Crippen LogP contribution in [0.2, 0.25) is 0 Å². The highest BCUT2D eigenvalue weighted by Crippen LogP contribution is 2.10. The van der Waals surface area contributed by atoms with Gasteiger partial charge in [0.2, 0.25) is 5.91 Å². The lowest BCUT2D eigenvalue weighted by Crippen LogP contribution is -2.31. The average molecular weight is 236 g/mol. The first kappa shape index (κ1) is 13.5. The number of para-hydroxylation sites is 1. The standard InChI is InChI=1S/C13H20N2O2/c1-13(2,3)17-9-12(16)15-8-10-6-4-5-7-11(10)14/h4-7H,8-9,14H2,1-3H3,(H,15,16). The number of ether oxygens (including phenoxy) is 1. The summed E-state index contributed by atoms with van der Waals surface area (Å²) in [6.45, 7) is 6.23. The smallest absolute Gasteiger partial charge is 0.246 e. The van der Waals surface area contributed by atoms with E-state index < -0.39 is 0 Å². The van der Waals surface area contributed by atoms with Gasteiger partial charge in [0.25, 0.3) is 0 Å². The van der Waals surface area contributed by atoms with E-state index in [4.69, 9.17) is 10.5 Å². The number of anilines is 1. The summed E-state index contributed by atoms with van der Waals surface area (Å²) in [6.07, 6.45) is 0. The van der Waals surface area contributed by atoms with Crippen LogP contribution in [0.5, 0.6) is 0 Å². The minimum Gasteiger partial charge on any atom is -0.398 e. The molecule has 0 atom stereocenters. The molecule has 0 fully saturated rings. The second-order valence-electron chi connectivity index (χ2n) is 4.88. The normalized spacial score (nSPS) is 11.2. The molecule has 0 aliphatic rings. The maximum Gasteiger partial charge on any atom is 0.246 e. The molecule has 0 spiro atoms. The Balaban J connectivity index is 2.36. The third-order valence-corrected chi connectivity index (χ3v) is 2.17. The molecule has 0 aliphatic carbocycles. The molecular formula is C13H20N2O2. The van der Waals surface area contributed by atoms with Gasteiger partial charge in [-0.2, -0.15) is 0 Å². The van der Waals surface area contributed by atoms with E-state index >= 15 is 0 Å². The molecule has 0 saturated carbocycles. The number of benzene rings is 1. The van der Waals surface area contributed by atoms with Crippen molar-refractivity contribution in [3.63, 3.8) is 0 Å². The minimum atomic E-state index is -0.302. The fourth-order valence-corrected chi connectivity index (χ4v) is 1.22. The topological polar surface area (TPSA) is 64.3 Å². The van der Waals surface area contributed by atoms with E-state index in [-0.39, 0.29) is 18.1 Å². The zero-order valence-corrected chi connectivity index (χ0v) is 10.6. The van der Waals surface area contributed by atoms with Crippen molar-refractivity contribution in [2.75, 3.05) is 12.3 Å². The van der Waals surface area contributed by atoms with Crippen LogP contribution in [-0.2, 0) is 16.1 Å². The largest absolute Gasteiger partial charge is 0.398 e. The fourth-order valence-electron chi connectivity index (χ4n) is 1.22. The van der Waals surface area contributed by atoms with Crippen LogP contribution in [0, 0.1) is 0 Å². The monoisotopic (exact) mass is 236 g/mol. The van der Waals surface area contributed by atoms with Crippen molar-refractivity contribution in [3.8, 4) is 0 Å². The van der Waals surface area contributed by atoms with E-state index in [2.05, 4.69) is 5.32 Å². The number of nitrogens with one attached hydrogen (secondary N) is 1. The molecule has 0 aromatic heterocycles. The van der Waals surface area contributed by atoms with Crippen LogP contribution < -0.4 is 11.1 Å². The van der Waals surface area contributed by atoms with Crippen LogP contribution >= 0.6 is 0 Å². The highest BCUT2D eigenvalue weighted by molar-refractivity contribution is 5.77. The molecule has 4 nitrogen and oxygen atoms in total. The highest BCUT2D eigenvalue weighted by Gasteiger charge is 2.12. The van der Waals surface area contributed by atoms with Gasteiger partial charge in [0.1, 0.15) is 6.61 Å². The van der Waals surface area contributed by atoms with Gasteiger partial charge in [-0.05, 0) is 32.4 Å². The number of carbonyl (C=O) groups excluding carboxylic acids is 1. The zero-order valence-electron chi connectivity index (χ0n) is 10.6. The van der Waals surface area contributed by atoms with Crippen molar-refractivity contribution < 1.29 is 9.53 Å². The lowest BCUT2D eigenvalue weighted by molar-refractivity contribution is -0.130. The van der Waals surface area contributed by atoms with Crippen LogP contribution in [0.4, 0.5) is 5.69 Å². The molecule has 0 bridgehead atoms. The predicted octanol–water partition coefficient (Wildman–Crippen LogP) is 1.70. The summed E-state index contributed by atoms with van der Waals surface area (Å²) in [4.78, 5) is 11.5. The number of hydrogen-bond acceptors (Lipinski definition) is 3. The van der Waals surface area contributed by atoms with Crippen molar-refractivity contribution in [1.29, 1.82) is 0 Å². The number of hydrogen-bond donors (Lipinski definition) is 2. The fraction of sp³-hybridized carbons (Fsp3) is 0.462. The Bertz CT molecular complexity index is 383. The number of amides is 1. The lowest BCUT2D eigenvalue weighted by Gasteiger charge is -2.19. The number of nitrogens with two attached hydrogens (primary N) is 1. The summed E-state index contributed by atoms with van der Waals surface area (Å²) in [5.74, 6) is -0.136. The quantitative estimate of drug-likeness (QED) is 0.782. The SMILES string of the molecule is CC(C)(C)OCC(=O)NCc1ccccc1N. The third kappa shape index (κ3) is 5.36. The van der Waals surface area contributed by atoms with E-state index in [0.29, 0.717) is 12.2 Å². The Hall–Kier alpha value is -1.55. The lowest BCUT2D eigenvalue weighted by atomic mass is 10.2. The van der Waals surface area contributed by atoms with Gasteiger partial charge in [-0.1, -0.05) is 18.2 Å². The van der Waals surface area contributed by atoms with E-state index in [9.17, 15) is 4.79 Å². The first-order chi connectivity index (χ1) is 7.88. The van der Waals surface area contributed by atoms with Gasteiger partial charge in [0, 0.05) is 12.2 Å². The average Bonchev–Trinajstić information content (AvgIpc) is 2.24. The van der Waals surface area contributed by atoms with E-state index in [1.165, 1.54) is 0 Å². The Morgan fingerprint density at radius 3 is 2.59 bits per heavy atom. The molecule has 94 valence electrons. The molecule has 4 heteroatoms. The summed E-state index contributed by atoms with van der Waals surface area (Å²) < 4.78 is 5.37. The summed E-state index contributed by atoms with van der Waals surface area (Å²) in [7, 11) is 0. The van der Waals surface area contributed by atoms with Crippen LogP contribution in [0.3, 0.4) is 0 Å². The van der Waals surface area contributed by atoms with Gasteiger partial charge in [-0.25, -0.2) is 0 Å². The molecule has 0 unspecified atom stereocenters. The van der Waals surface area contributed by atoms with Crippen LogP contribution in [-0.4, -0.2) is 18.1 Å². The first-order valence-electron chi connectivity index (χ1n) is 5.62. The highest BCUT2D eigenvalue weighted by atomic mass is 16.5. The Labute approximate surface area is 102 Å². The number of rotatable bonds is 4. The molecule has 0 heterocycles. The molecular weight excluding hydrogens is 216 g/mol. The van der Waals surface area contributed by atoms with Gasteiger partial charge in [-0.15, -0.1) is 0 Å². The molecule has 0 radical (unpaired) electrons. The van der Waals surface area contributed by atoms with Crippen molar-refractivity contribution in [2.24, 2.45) is 0 Å². The van der Waals surface area contributed by atoms with Crippen LogP contribution in [0.15, 0.2) is 24.3 Å². The van der Waals surface area contributed by atoms with E-state index in [1.54, 1.807) is 0 Å². The summed E-state index contributed by atoms with van der Waals surface area (Å²) >= 11 is 0. The number of nitrogen functional groups attached to an aromatic ring is 1. The van der Waals surface area contributed by atoms with E-state index in [0.717, 1.165) is 5.56 Å². The molecule has 3 N–H and O–H groups in total. The molecule has 0 saturated heterocycles. The third-order valence-electron chi connectivity index (χ3n) is 2.17. The Kier molecular flexibility index (Phi) is 4.52. The van der Waals surface area contributed by atoms with Crippen molar-refractivity contribution in [1.82, 2.24) is 5.32 Å². The predicted molar refractivity (Wildman–Crippen MR) is 68.4 cm³/mol. The number of carbonyl (C=O) groups is 1. The maximum absolute atomic E-state index is 11.5.